The van der Waals surface area contributed by atoms with Crippen LogP contribution in [0.15, 0.2) is 112 Å². The summed E-state index contributed by atoms with van der Waals surface area (Å²) in [6.07, 6.45) is 4.86. The van der Waals surface area contributed by atoms with E-state index in [1.165, 1.54) is 0 Å². The number of carbonyl (C=O) groups excluding carboxylic acids is 2. The van der Waals surface area contributed by atoms with E-state index in [0.29, 0.717) is 22.9 Å². The lowest BCUT2D eigenvalue weighted by molar-refractivity contribution is 0.0990. The van der Waals surface area contributed by atoms with Gasteiger partial charge in [0.05, 0.1) is 23.8 Å². The normalized spacial score (nSPS) is 12.9. The molecule has 3 aromatic carbocycles. The molecular formula is C28H17NO4. The van der Waals surface area contributed by atoms with Gasteiger partial charge in [0.2, 0.25) is 11.8 Å². The van der Waals surface area contributed by atoms with Crippen LogP contribution >= 0.6 is 0 Å². The first-order valence-corrected chi connectivity index (χ1v) is 10.5. The number of benzene rings is 3. The second-order valence-corrected chi connectivity index (χ2v) is 7.79. The minimum Gasteiger partial charge on any atom is -0.448 e. The van der Waals surface area contributed by atoms with Gasteiger partial charge in [0.1, 0.15) is 0 Å². The molecule has 2 aromatic heterocycles. The standard InChI is InChI=1S/C28H17NO4/c30-27-22-16-19-5-1-2-6-20(19)17-23(22)28(31)24(27)15-18-9-11-21(12-10-18)29(25-7-3-13-32-25)26-8-4-14-33-26/h1-17H. The average molecular weight is 431 g/mol. The second-order valence-electron chi connectivity index (χ2n) is 7.79. The zero-order chi connectivity index (χ0) is 22.4. The van der Waals surface area contributed by atoms with Crippen LogP contribution in [0, 0.1) is 0 Å². The lowest BCUT2D eigenvalue weighted by Gasteiger charge is -2.19. The molecule has 0 fully saturated rings. The lowest BCUT2D eigenvalue weighted by atomic mass is 10.0. The van der Waals surface area contributed by atoms with Crippen LogP contribution in [-0.2, 0) is 0 Å². The molecule has 0 bridgehead atoms. The van der Waals surface area contributed by atoms with E-state index < -0.39 is 0 Å². The maximum Gasteiger partial charge on any atom is 0.206 e. The number of hydrogen-bond acceptors (Lipinski definition) is 5. The maximum absolute atomic E-state index is 13.0. The van der Waals surface area contributed by atoms with E-state index >= 15 is 0 Å². The third kappa shape index (κ3) is 3.18. The molecule has 0 N–H and O–H groups in total. The van der Waals surface area contributed by atoms with Gasteiger partial charge in [0.25, 0.3) is 0 Å². The first-order valence-electron chi connectivity index (χ1n) is 10.5. The Hall–Kier alpha value is -4.64. The molecule has 0 amide bonds. The Morgan fingerprint density at radius 1 is 0.636 bits per heavy atom. The summed E-state index contributed by atoms with van der Waals surface area (Å²) >= 11 is 0. The highest BCUT2D eigenvalue weighted by Gasteiger charge is 2.33. The minimum absolute atomic E-state index is 0.182. The molecule has 0 unspecified atom stereocenters. The van der Waals surface area contributed by atoms with E-state index in [9.17, 15) is 9.59 Å². The SMILES string of the molecule is O=C1C(=Cc2ccc(N(c3ccco3)c3ccco3)cc2)C(=O)c2cc3ccccc3cc21. The molecule has 0 spiro atoms. The van der Waals surface area contributed by atoms with Gasteiger partial charge in [-0.15, -0.1) is 0 Å². The highest BCUT2D eigenvalue weighted by atomic mass is 16.4. The number of hydrogen-bond donors (Lipinski definition) is 0. The Bertz CT molecular complexity index is 1430. The van der Waals surface area contributed by atoms with Crippen molar-refractivity contribution in [1.82, 2.24) is 0 Å². The van der Waals surface area contributed by atoms with Crippen molar-refractivity contribution >= 4 is 45.9 Å². The number of carbonyl (C=O) groups is 2. The number of nitrogens with zero attached hydrogens (tertiary/aromatic N) is 1. The summed E-state index contributed by atoms with van der Waals surface area (Å²) in [6.45, 7) is 0. The molecule has 0 saturated heterocycles. The Kier molecular flexibility index (Phi) is 4.33. The second kappa shape index (κ2) is 7.50. The zero-order valence-corrected chi connectivity index (χ0v) is 17.4. The fraction of sp³-hybridized carbons (Fsp3) is 0. The number of furan rings is 2. The molecule has 5 aromatic rings. The van der Waals surface area contributed by atoms with E-state index in [1.54, 1.807) is 30.7 Å². The maximum atomic E-state index is 13.0. The molecule has 0 aliphatic heterocycles. The van der Waals surface area contributed by atoms with Crippen molar-refractivity contribution in [2.24, 2.45) is 0 Å². The van der Waals surface area contributed by atoms with Crippen molar-refractivity contribution in [2.75, 3.05) is 4.90 Å². The van der Waals surface area contributed by atoms with E-state index in [0.717, 1.165) is 22.0 Å². The smallest absolute Gasteiger partial charge is 0.206 e. The molecule has 5 heteroatoms. The lowest BCUT2D eigenvalue weighted by Crippen LogP contribution is -2.07. The van der Waals surface area contributed by atoms with Crippen LogP contribution in [0.1, 0.15) is 26.3 Å². The van der Waals surface area contributed by atoms with E-state index in [1.807, 2.05) is 77.7 Å². The van der Waals surface area contributed by atoms with Crippen LogP contribution in [0.4, 0.5) is 17.5 Å². The number of anilines is 3. The van der Waals surface area contributed by atoms with Crippen LogP contribution in [-0.4, -0.2) is 11.6 Å². The molecule has 33 heavy (non-hydrogen) atoms. The molecule has 0 atom stereocenters. The van der Waals surface area contributed by atoms with Crippen molar-refractivity contribution in [1.29, 1.82) is 0 Å². The number of Topliss-reactive ketones (excluding diaryl/α,β-unsaturated/α-hetero) is 2. The predicted octanol–water partition coefficient (Wildman–Crippen LogP) is 6.96. The van der Waals surface area contributed by atoms with Gasteiger partial charge in [-0.05, 0) is 58.8 Å². The third-order valence-electron chi connectivity index (χ3n) is 5.78. The van der Waals surface area contributed by atoms with E-state index in [-0.39, 0.29) is 17.1 Å². The Balaban J connectivity index is 1.35. The van der Waals surface area contributed by atoms with Crippen molar-refractivity contribution in [3.05, 3.63) is 120 Å². The van der Waals surface area contributed by atoms with Gasteiger partial charge in [0, 0.05) is 23.3 Å². The summed E-state index contributed by atoms with van der Waals surface area (Å²) in [4.78, 5) is 27.9. The van der Waals surface area contributed by atoms with Crippen LogP contribution in [0.3, 0.4) is 0 Å². The van der Waals surface area contributed by atoms with Crippen LogP contribution in [0.5, 0.6) is 0 Å². The molecule has 0 saturated carbocycles. The molecule has 1 aliphatic rings. The number of fused-ring (bicyclic) bond motifs is 2. The predicted molar refractivity (Wildman–Crippen MR) is 126 cm³/mol. The van der Waals surface area contributed by atoms with Gasteiger partial charge in [-0.2, -0.15) is 0 Å². The van der Waals surface area contributed by atoms with Crippen LogP contribution in [0.25, 0.3) is 16.8 Å². The Labute approximate surface area is 189 Å². The monoisotopic (exact) mass is 431 g/mol. The fourth-order valence-corrected chi connectivity index (χ4v) is 4.18. The number of rotatable bonds is 4. The zero-order valence-electron chi connectivity index (χ0n) is 17.4. The minimum atomic E-state index is -0.238. The van der Waals surface area contributed by atoms with Crippen molar-refractivity contribution in [3.63, 3.8) is 0 Å². The topological polar surface area (TPSA) is 63.7 Å². The highest BCUT2D eigenvalue weighted by Crippen LogP contribution is 2.36. The van der Waals surface area contributed by atoms with Crippen molar-refractivity contribution < 1.29 is 18.4 Å². The summed E-state index contributed by atoms with van der Waals surface area (Å²) in [5.41, 5.74) is 2.68. The van der Waals surface area contributed by atoms with Gasteiger partial charge in [-0.25, -0.2) is 0 Å². The quantitative estimate of drug-likeness (QED) is 0.227. The Morgan fingerprint density at radius 3 is 1.67 bits per heavy atom. The van der Waals surface area contributed by atoms with Gasteiger partial charge in [-0.3, -0.25) is 14.5 Å². The summed E-state index contributed by atoms with van der Waals surface area (Å²) in [7, 11) is 0. The first-order chi connectivity index (χ1) is 16.2. The average Bonchev–Trinajstić information content (AvgIpc) is 3.60. The number of ketones is 2. The summed E-state index contributed by atoms with van der Waals surface area (Å²) < 4.78 is 11.1. The summed E-state index contributed by atoms with van der Waals surface area (Å²) in [6, 6.07) is 26.1. The summed E-state index contributed by atoms with van der Waals surface area (Å²) in [5.74, 6) is 0.745. The third-order valence-corrected chi connectivity index (χ3v) is 5.78. The van der Waals surface area contributed by atoms with E-state index in [2.05, 4.69) is 0 Å². The molecule has 5 nitrogen and oxygen atoms in total. The largest absolute Gasteiger partial charge is 0.448 e. The van der Waals surface area contributed by atoms with Gasteiger partial charge < -0.3 is 8.83 Å². The van der Waals surface area contributed by atoms with Gasteiger partial charge in [-0.1, -0.05) is 36.4 Å². The fourth-order valence-electron chi connectivity index (χ4n) is 4.18. The van der Waals surface area contributed by atoms with Crippen LogP contribution < -0.4 is 4.90 Å². The molecule has 0 radical (unpaired) electrons. The highest BCUT2D eigenvalue weighted by molar-refractivity contribution is 6.42. The number of allylic oxidation sites excluding steroid dienone is 1. The van der Waals surface area contributed by atoms with E-state index in [4.69, 9.17) is 8.83 Å². The first kappa shape index (κ1) is 19.1. The van der Waals surface area contributed by atoms with Crippen LogP contribution in [0.2, 0.25) is 0 Å². The molecule has 2 heterocycles. The van der Waals surface area contributed by atoms with Crippen molar-refractivity contribution in [2.45, 2.75) is 0 Å². The van der Waals surface area contributed by atoms with Gasteiger partial charge in [0.15, 0.2) is 11.6 Å². The summed E-state index contributed by atoms with van der Waals surface area (Å²) in [5, 5.41) is 1.89. The molecule has 1 aliphatic carbocycles. The molecular weight excluding hydrogens is 414 g/mol. The Morgan fingerprint density at radius 2 is 1.18 bits per heavy atom. The van der Waals surface area contributed by atoms with Gasteiger partial charge >= 0.3 is 0 Å². The van der Waals surface area contributed by atoms with Crippen molar-refractivity contribution in [3.8, 4) is 0 Å². The molecule has 158 valence electrons. The molecule has 6 rings (SSSR count).